The Balaban J connectivity index is 4.87. The summed E-state index contributed by atoms with van der Waals surface area (Å²) in [5, 5.41) is 0. The van der Waals surface area contributed by atoms with Gasteiger partial charge in [0.2, 0.25) is 0 Å². The minimum absolute atomic E-state index is 0.357. The molecule has 0 radical (unpaired) electrons. The molecule has 176 valence electrons. The van der Waals surface area contributed by atoms with E-state index in [0.717, 1.165) is 0 Å². The fraction of sp³-hybridized carbons (Fsp3) is 0.667. The van der Waals surface area contributed by atoms with Crippen LogP contribution in [0.5, 0.6) is 0 Å². The highest BCUT2D eigenvalue weighted by Crippen LogP contribution is 2.47. The topological polar surface area (TPSA) is 52.6 Å². The Kier molecular flexibility index (Phi) is 7.80. The van der Waals surface area contributed by atoms with Gasteiger partial charge < -0.3 is 9.47 Å². The molecule has 0 N–H and O–H groups in total. The summed E-state index contributed by atoms with van der Waals surface area (Å²) in [6, 6.07) is 0. The van der Waals surface area contributed by atoms with Crippen molar-refractivity contribution in [2.45, 2.75) is 36.0 Å². The summed E-state index contributed by atoms with van der Waals surface area (Å²) in [5.41, 5.74) is 0. The summed E-state index contributed by atoms with van der Waals surface area (Å²) < 4.78 is 179. The van der Waals surface area contributed by atoms with Crippen molar-refractivity contribution in [2.75, 3.05) is 13.2 Å². The molecule has 0 heterocycles. The van der Waals surface area contributed by atoms with Crippen molar-refractivity contribution in [3.8, 4) is 0 Å². The van der Waals surface area contributed by atoms with Crippen molar-refractivity contribution >= 4 is 11.9 Å². The number of esters is 2. The molecule has 0 aromatic carbocycles. The molecule has 0 aromatic heterocycles. The molecule has 0 saturated carbocycles. The molecule has 0 atom stereocenters. The third-order valence-corrected chi connectivity index (χ3v) is 2.78. The molecule has 0 amide bonds. The van der Waals surface area contributed by atoms with Crippen molar-refractivity contribution in [1.82, 2.24) is 0 Å². The van der Waals surface area contributed by atoms with Crippen molar-refractivity contribution in [1.29, 1.82) is 0 Å². The van der Waals surface area contributed by atoms with Crippen LogP contribution in [0.15, 0.2) is 12.2 Å². The van der Waals surface area contributed by atoms with Gasteiger partial charge >= 0.3 is 48.0 Å². The lowest BCUT2D eigenvalue weighted by molar-refractivity contribution is -0.359. The number of alkyl halides is 14. The molecule has 0 fully saturated rings. The summed E-state index contributed by atoms with van der Waals surface area (Å²) in [4.78, 5) is 21.7. The van der Waals surface area contributed by atoms with Gasteiger partial charge in [0.1, 0.15) is 0 Å². The second-order valence-corrected chi connectivity index (χ2v) is 5.10. The predicted octanol–water partition coefficient (Wildman–Crippen LogP) is 4.29. The van der Waals surface area contributed by atoms with E-state index >= 15 is 0 Å². The number of hydrogen-bond acceptors (Lipinski definition) is 4. The summed E-state index contributed by atoms with van der Waals surface area (Å²) in [7, 11) is 0. The van der Waals surface area contributed by atoms with Crippen molar-refractivity contribution in [3.05, 3.63) is 12.2 Å². The third-order valence-electron chi connectivity index (χ3n) is 2.78. The molecule has 0 aliphatic carbocycles. The van der Waals surface area contributed by atoms with Gasteiger partial charge in [-0.25, -0.2) is 9.59 Å². The van der Waals surface area contributed by atoms with E-state index in [1.54, 1.807) is 0 Å². The Hall–Kier alpha value is -2.30. The van der Waals surface area contributed by atoms with Crippen LogP contribution < -0.4 is 0 Å². The van der Waals surface area contributed by atoms with Crippen molar-refractivity contribution < 1.29 is 80.5 Å². The number of carbonyl (C=O) groups excluding carboxylic acids is 2. The average Bonchev–Trinajstić information content (AvgIpc) is 2.54. The van der Waals surface area contributed by atoms with E-state index in [2.05, 4.69) is 9.47 Å². The molecular weight excluding hydrogens is 474 g/mol. The zero-order valence-electron chi connectivity index (χ0n) is 13.5. The van der Waals surface area contributed by atoms with Crippen LogP contribution in [0.25, 0.3) is 0 Å². The van der Waals surface area contributed by atoms with Crippen molar-refractivity contribution in [2.24, 2.45) is 0 Å². The van der Waals surface area contributed by atoms with Crippen LogP contribution in [0.3, 0.4) is 0 Å². The molecule has 0 spiro atoms. The fourth-order valence-corrected chi connectivity index (χ4v) is 1.15. The number of carbonyl (C=O) groups is 2. The Bertz CT molecular complexity index is 605. The number of rotatable bonds is 8. The van der Waals surface area contributed by atoms with Crippen LogP contribution in [-0.2, 0) is 19.1 Å². The largest absolute Gasteiger partial charge is 0.460 e. The number of ether oxygens (including phenoxy) is 2. The summed E-state index contributed by atoms with van der Waals surface area (Å²) in [6.07, 6.45) is -14.2. The Morgan fingerprint density at radius 2 is 0.767 bits per heavy atom. The maximum Gasteiger partial charge on any atom is 0.460 e. The first kappa shape index (κ1) is 27.7. The average molecular weight is 480 g/mol. The molecule has 0 aliphatic heterocycles. The van der Waals surface area contributed by atoms with Gasteiger partial charge in [-0.15, -0.1) is 0 Å². The van der Waals surface area contributed by atoms with Gasteiger partial charge in [0.05, 0.1) is 0 Å². The van der Waals surface area contributed by atoms with E-state index in [-0.39, 0.29) is 12.2 Å². The summed E-state index contributed by atoms with van der Waals surface area (Å²) in [5.74, 6) is -29.7. The lowest BCUT2D eigenvalue weighted by atomic mass is 10.2. The van der Waals surface area contributed by atoms with Crippen LogP contribution in [0.2, 0.25) is 0 Å². The summed E-state index contributed by atoms with van der Waals surface area (Å²) in [6.45, 7) is -5.73. The SMILES string of the molecule is O=C(/C=C\C(=O)OCC(F)(F)C(F)(F)C(F)(F)F)OCC(F)(F)C(F)(F)C(F)(F)F. The molecule has 0 bridgehead atoms. The first-order chi connectivity index (χ1) is 13.0. The molecule has 18 heteroatoms. The van der Waals surface area contributed by atoms with Crippen LogP contribution in [0.4, 0.5) is 61.5 Å². The highest BCUT2D eigenvalue weighted by atomic mass is 19.4. The normalized spacial score (nSPS) is 14.7. The van der Waals surface area contributed by atoms with E-state index in [4.69, 9.17) is 0 Å². The van der Waals surface area contributed by atoms with Crippen LogP contribution in [-0.4, -0.2) is 61.2 Å². The zero-order chi connectivity index (χ0) is 24.4. The predicted molar refractivity (Wildman–Crippen MR) is 63.0 cm³/mol. The Morgan fingerprint density at radius 3 is 0.967 bits per heavy atom. The minimum Gasteiger partial charge on any atom is -0.456 e. The second-order valence-electron chi connectivity index (χ2n) is 5.10. The Morgan fingerprint density at radius 1 is 0.533 bits per heavy atom. The van der Waals surface area contributed by atoms with Gasteiger partial charge in [0, 0.05) is 12.2 Å². The van der Waals surface area contributed by atoms with E-state index in [1.807, 2.05) is 0 Å². The van der Waals surface area contributed by atoms with Crippen LogP contribution in [0, 0.1) is 0 Å². The minimum atomic E-state index is -6.74. The quantitative estimate of drug-likeness (QED) is 0.296. The third kappa shape index (κ3) is 6.10. The molecule has 0 aliphatic rings. The van der Waals surface area contributed by atoms with Gasteiger partial charge in [-0.1, -0.05) is 0 Å². The van der Waals surface area contributed by atoms with Gasteiger partial charge in [-0.3, -0.25) is 0 Å². The van der Waals surface area contributed by atoms with E-state index in [9.17, 15) is 71.1 Å². The molecule has 0 rings (SSSR count). The standard InChI is InChI=1S/C12H6F14O4/c13-7(14,9(17,18)11(21,22)23)3-29-5(27)1-2-6(28)30-4-8(15,16)10(19,20)12(24,25)26/h1-2H,3-4H2/b2-1-. The first-order valence-electron chi connectivity index (χ1n) is 6.66. The zero-order valence-corrected chi connectivity index (χ0v) is 13.5. The summed E-state index contributed by atoms with van der Waals surface area (Å²) >= 11 is 0. The molecule has 30 heavy (non-hydrogen) atoms. The van der Waals surface area contributed by atoms with E-state index in [0.29, 0.717) is 0 Å². The fourth-order valence-electron chi connectivity index (χ4n) is 1.15. The maximum absolute atomic E-state index is 12.8. The molecule has 0 saturated heterocycles. The monoisotopic (exact) mass is 480 g/mol. The maximum atomic E-state index is 12.8. The molecule has 4 nitrogen and oxygen atoms in total. The van der Waals surface area contributed by atoms with Crippen LogP contribution in [0.1, 0.15) is 0 Å². The van der Waals surface area contributed by atoms with Gasteiger partial charge in [-0.05, 0) is 0 Å². The molecular formula is C12H6F14O4. The van der Waals surface area contributed by atoms with E-state index in [1.165, 1.54) is 0 Å². The molecule has 0 aromatic rings. The number of halogens is 14. The molecule has 0 unspecified atom stereocenters. The Labute approximate surface area is 155 Å². The lowest BCUT2D eigenvalue weighted by Gasteiger charge is -2.27. The van der Waals surface area contributed by atoms with Gasteiger partial charge in [0.25, 0.3) is 0 Å². The lowest BCUT2D eigenvalue weighted by Crippen LogP contribution is -2.54. The van der Waals surface area contributed by atoms with Gasteiger partial charge in [0.15, 0.2) is 13.2 Å². The highest BCUT2D eigenvalue weighted by Gasteiger charge is 2.74. The smallest absolute Gasteiger partial charge is 0.456 e. The van der Waals surface area contributed by atoms with E-state index < -0.39 is 61.2 Å². The van der Waals surface area contributed by atoms with Crippen molar-refractivity contribution in [3.63, 3.8) is 0 Å². The first-order valence-corrected chi connectivity index (χ1v) is 6.66. The second kappa shape index (κ2) is 8.44. The highest BCUT2D eigenvalue weighted by molar-refractivity contribution is 5.91. The number of hydrogen-bond donors (Lipinski definition) is 0. The van der Waals surface area contributed by atoms with Crippen LogP contribution >= 0.6 is 0 Å². The van der Waals surface area contributed by atoms with Gasteiger partial charge in [-0.2, -0.15) is 61.5 Å².